The maximum absolute atomic E-state index is 15.0. The Morgan fingerprint density at radius 1 is 1.10 bits per heavy atom. The molecule has 0 unspecified atom stereocenters. The molecule has 0 bridgehead atoms. The van der Waals surface area contributed by atoms with Crippen LogP contribution < -0.4 is 10.2 Å². The predicted molar refractivity (Wildman–Crippen MR) is 109 cm³/mol. The zero-order valence-corrected chi connectivity index (χ0v) is 15.5. The van der Waals surface area contributed by atoms with E-state index in [1.807, 2.05) is 41.3 Å². The van der Waals surface area contributed by atoms with Gasteiger partial charge in [0.1, 0.15) is 17.2 Å². The molecule has 0 spiro atoms. The van der Waals surface area contributed by atoms with Crippen molar-refractivity contribution in [2.75, 3.05) is 18.0 Å². The molecule has 0 aliphatic carbocycles. The Labute approximate surface area is 166 Å². The molecule has 144 valence electrons. The van der Waals surface area contributed by atoms with Gasteiger partial charge in [0, 0.05) is 43.0 Å². The third kappa shape index (κ3) is 3.10. The van der Waals surface area contributed by atoms with Crippen molar-refractivity contribution in [1.29, 1.82) is 0 Å². The number of amides is 1. The van der Waals surface area contributed by atoms with Crippen LogP contribution in [0.3, 0.4) is 0 Å². The second kappa shape index (κ2) is 7.01. The van der Waals surface area contributed by atoms with Crippen LogP contribution in [0.25, 0.3) is 22.3 Å². The van der Waals surface area contributed by atoms with Crippen LogP contribution in [0.5, 0.6) is 0 Å². The SMILES string of the molecule is O=C1NCCN(Cc2ccccc2)c2nc(-c3c[nH]c4ncccc34)c(F)cc21. The van der Waals surface area contributed by atoms with Gasteiger partial charge in [-0.1, -0.05) is 30.3 Å². The highest BCUT2D eigenvalue weighted by Gasteiger charge is 2.26. The van der Waals surface area contributed by atoms with Gasteiger partial charge in [-0.2, -0.15) is 0 Å². The minimum Gasteiger partial charge on any atom is -0.350 e. The first-order chi connectivity index (χ1) is 14.2. The average molecular weight is 387 g/mol. The number of halogens is 1. The molecule has 1 aliphatic heterocycles. The summed E-state index contributed by atoms with van der Waals surface area (Å²) in [6, 6.07) is 14.9. The minimum absolute atomic E-state index is 0.204. The van der Waals surface area contributed by atoms with E-state index in [2.05, 4.69) is 20.3 Å². The van der Waals surface area contributed by atoms with Gasteiger partial charge in [0.05, 0.1) is 5.56 Å². The molecule has 4 heterocycles. The fourth-order valence-corrected chi connectivity index (χ4v) is 3.69. The van der Waals surface area contributed by atoms with Crippen LogP contribution in [-0.2, 0) is 6.54 Å². The molecule has 29 heavy (non-hydrogen) atoms. The third-order valence-corrected chi connectivity index (χ3v) is 5.09. The van der Waals surface area contributed by atoms with Crippen molar-refractivity contribution in [2.45, 2.75) is 6.54 Å². The van der Waals surface area contributed by atoms with Gasteiger partial charge >= 0.3 is 0 Å². The summed E-state index contributed by atoms with van der Waals surface area (Å²) in [5.74, 6) is -0.363. The smallest absolute Gasteiger partial charge is 0.255 e. The van der Waals surface area contributed by atoms with E-state index in [4.69, 9.17) is 0 Å². The lowest BCUT2D eigenvalue weighted by Gasteiger charge is -2.23. The summed E-state index contributed by atoms with van der Waals surface area (Å²) in [6.07, 6.45) is 3.38. The lowest BCUT2D eigenvalue weighted by Crippen LogP contribution is -2.30. The number of anilines is 1. The summed E-state index contributed by atoms with van der Waals surface area (Å²) in [4.78, 5) is 26.5. The Morgan fingerprint density at radius 3 is 2.83 bits per heavy atom. The van der Waals surface area contributed by atoms with E-state index < -0.39 is 5.82 Å². The highest BCUT2D eigenvalue weighted by molar-refractivity contribution is 6.01. The summed E-state index contributed by atoms with van der Waals surface area (Å²) >= 11 is 0. The quantitative estimate of drug-likeness (QED) is 0.564. The maximum Gasteiger partial charge on any atom is 0.255 e. The predicted octanol–water partition coefficient (Wildman–Crippen LogP) is 3.51. The molecular weight excluding hydrogens is 369 g/mol. The molecule has 4 aromatic rings. The average Bonchev–Trinajstić information content (AvgIpc) is 3.11. The number of H-pyrrole nitrogens is 1. The third-order valence-electron chi connectivity index (χ3n) is 5.09. The van der Waals surface area contributed by atoms with E-state index in [1.165, 1.54) is 6.07 Å². The standard InChI is InChI=1S/C22H18FN5O/c23-18-11-16-21(27-19(18)17-12-26-20-15(17)7-4-8-24-20)28(10-9-25-22(16)29)13-14-5-2-1-3-6-14/h1-8,11-12H,9-10,13H2,(H,24,26)(H,25,29). The zero-order valence-electron chi connectivity index (χ0n) is 15.5. The summed E-state index contributed by atoms with van der Waals surface area (Å²) in [5, 5.41) is 3.61. The minimum atomic E-state index is -0.537. The number of hydrogen-bond donors (Lipinski definition) is 2. The largest absolute Gasteiger partial charge is 0.350 e. The van der Waals surface area contributed by atoms with Crippen molar-refractivity contribution in [3.8, 4) is 11.3 Å². The number of nitrogens with zero attached hydrogens (tertiary/aromatic N) is 3. The van der Waals surface area contributed by atoms with Crippen LogP contribution in [0.1, 0.15) is 15.9 Å². The van der Waals surface area contributed by atoms with Gasteiger partial charge in [-0.3, -0.25) is 4.79 Å². The number of nitrogens with one attached hydrogen (secondary N) is 2. The molecule has 6 nitrogen and oxygen atoms in total. The molecule has 0 atom stereocenters. The Bertz CT molecular complexity index is 1200. The van der Waals surface area contributed by atoms with E-state index in [1.54, 1.807) is 18.5 Å². The summed E-state index contributed by atoms with van der Waals surface area (Å²) in [6.45, 7) is 1.63. The van der Waals surface area contributed by atoms with E-state index in [0.717, 1.165) is 10.9 Å². The molecule has 3 aromatic heterocycles. The molecular formula is C22H18FN5O. The lowest BCUT2D eigenvalue weighted by atomic mass is 10.1. The molecule has 7 heteroatoms. The molecule has 1 amide bonds. The topological polar surface area (TPSA) is 73.9 Å². The number of benzene rings is 1. The second-order valence-electron chi connectivity index (χ2n) is 6.95. The second-order valence-corrected chi connectivity index (χ2v) is 6.95. The first-order valence-electron chi connectivity index (χ1n) is 9.41. The number of aromatic nitrogens is 3. The monoisotopic (exact) mass is 387 g/mol. The van der Waals surface area contributed by atoms with Crippen molar-refractivity contribution in [2.24, 2.45) is 0 Å². The van der Waals surface area contributed by atoms with Gasteiger partial charge in [0.2, 0.25) is 0 Å². The van der Waals surface area contributed by atoms with Crippen LogP contribution in [0, 0.1) is 5.82 Å². The van der Waals surface area contributed by atoms with Crippen LogP contribution in [0.4, 0.5) is 10.2 Å². The Hall–Kier alpha value is -3.74. The van der Waals surface area contributed by atoms with Gasteiger partial charge in [-0.15, -0.1) is 0 Å². The molecule has 0 saturated carbocycles. The number of hydrogen-bond acceptors (Lipinski definition) is 4. The number of fused-ring (bicyclic) bond motifs is 2. The maximum atomic E-state index is 15.0. The first-order valence-corrected chi connectivity index (χ1v) is 9.41. The number of aromatic amines is 1. The van der Waals surface area contributed by atoms with E-state index in [9.17, 15) is 4.79 Å². The zero-order chi connectivity index (χ0) is 19.8. The van der Waals surface area contributed by atoms with E-state index >= 15 is 4.39 Å². The lowest BCUT2D eigenvalue weighted by molar-refractivity contribution is 0.0957. The van der Waals surface area contributed by atoms with Crippen LogP contribution in [0.2, 0.25) is 0 Å². The molecule has 1 aliphatic rings. The van der Waals surface area contributed by atoms with Crippen molar-refractivity contribution in [3.63, 3.8) is 0 Å². The first kappa shape index (κ1) is 17.4. The fraction of sp³-hybridized carbons (Fsp3) is 0.136. The van der Waals surface area contributed by atoms with Crippen molar-refractivity contribution in [3.05, 3.63) is 77.9 Å². The van der Waals surface area contributed by atoms with Gasteiger partial charge < -0.3 is 15.2 Å². The van der Waals surface area contributed by atoms with Crippen molar-refractivity contribution in [1.82, 2.24) is 20.3 Å². The van der Waals surface area contributed by atoms with Crippen LogP contribution >= 0.6 is 0 Å². The highest BCUT2D eigenvalue weighted by Crippen LogP contribution is 2.32. The molecule has 0 fully saturated rings. The summed E-state index contributed by atoms with van der Waals surface area (Å²) < 4.78 is 15.0. The van der Waals surface area contributed by atoms with Gasteiger partial charge in [0.25, 0.3) is 5.91 Å². The van der Waals surface area contributed by atoms with Crippen molar-refractivity contribution >= 4 is 22.8 Å². The number of carbonyl (C=O) groups excluding carboxylic acids is 1. The number of pyridine rings is 2. The number of carbonyl (C=O) groups is 1. The highest BCUT2D eigenvalue weighted by atomic mass is 19.1. The van der Waals surface area contributed by atoms with E-state index in [0.29, 0.717) is 36.7 Å². The molecule has 0 saturated heterocycles. The Balaban J connectivity index is 1.65. The normalized spacial score (nSPS) is 13.8. The molecule has 1 aromatic carbocycles. The summed E-state index contributed by atoms with van der Waals surface area (Å²) in [7, 11) is 0. The van der Waals surface area contributed by atoms with Crippen LogP contribution in [-0.4, -0.2) is 33.9 Å². The molecule has 2 N–H and O–H groups in total. The van der Waals surface area contributed by atoms with Crippen molar-refractivity contribution < 1.29 is 9.18 Å². The molecule has 0 radical (unpaired) electrons. The fourth-order valence-electron chi connectivity index (χ4n) is 3.69. The van der Waals surface area contributed by atoms with E-state index in [-0.39, 0.29) is 17.2 Å². The molecule has 5 rings (SSSR count). The summed E-state index contributed by atoms with van der Waals surface area (Å²) in [5.41, 5.74) is 2.83. The van der Waals surface area contributed by atoms with Crippen LogP contribution in [0.15, 0.2) is 60.9 Å². The van der Waals surface area contributed by atoms with Gasteiger partial charge in [-0.05, 0) is 23.8 Å². The van der Waals surface area contributed by atoms with Gasteiger partial charge in [0.15, 0.2) is 5.82 Å². The Kier molecular flexibility index (Phi) is 4.20. The number of rotatable bonds is 3. The van der Waals surface area contributed by atoms with Gasteiger partial charge in [-0.25, -0.2) is 14.4 Å². The Morgan fingerprint density at radius 2 is 1.97 bits per heavy atom.